The summed E-state index contributed by atoms with van der Waals surface area (Å²) >= 11 is 0. The molecule has 0 amide bonds. The fourth-order valence-corrected chi connectivity index (χ4v) is 2.17. The van der Waals surface area contributed by atoms with E-state index in [-0.39, 0.29) is 0 Å². The molecule has 0 bridgehead atoms. The minimum Gasteiger partial charge on any atom is -0.490 e. The molecule has 100 valence electrons. The number of nitrogens with two attached hydrogens (primary N) is 1. The van der Waals surface area contributed by atoms with Crippen molar-refractivity contribution in [1.82, 2.24) is 4.90 Å². The van der Waals surface area contributed by atoms with Gasteiger partial charge in [-0.15, -0.1) is 0 Å². The summed E-state index contributed by atoms with van der Waals surface area (Å²) in [6.45, 7) is 7.62. The molecular formula is C14H22N2O2. The fraction of sp³-hybridized carbons (Fsp3) is 0.571. The summed E-state index contributed by atoms with van der Waals surface area (Å²) in [5.74, 6) is 0.770. The predicted octanol–water partition coefficient (Wildman–Crippen LogP) is 1.76. The lowest BCUT2D eigenvalue weighted by molar-refractivity contribution is -0.0522. The summed E-state index contributed by atoms with van der Waals surface area (Å²) in [6, 6.07) is 8.06. The highest BCUT2D eigenvalue weighted by Crippen LogP contribution is 2.19. The highest BCUT2D eigenvalue weighted by Gasteiger charge is 2.22. The third-order valence-electron chi connectivity index (χ3n) is 3.29. The molecule has 1 aliphatic heterocycles. The van der Waals surface area contributed by atoms with Crippen LogP contribution in [0.4, 0.5) is 5.69 Å². The van der Waals surface area contributed by atoms with E-state index in [1.54, 1.807) is 0 Å². The molecule has 2 atom stereocenters. The number of anilines is 1. The van der Waals surface area contributed by atoms with Crippen molar-refractivity contribution in [3.05, 3.63) is 24.3 Å². The monoisotopic (exact) mass is 250 g/mol. The van der Waals surface area contributed by atoms with E-state index < -0.39 is 0 Å². The number of nitrogens with zero attached hydrogens (tertiary/aromatic N) is 1. The Bertz CT molecular complexity index is 384. The lowest BCUT2D eigenvalue weighted by Crippen LogP contribution is -2.48. The van der Waals surface area contributed by atoms with Crippen molar-refractivity contribution in [2.24, 2.45) is 0 Å². The van der Waals surface area contributed by atoms with Crippen LogP contribution < -0.4 is 10.5 Å². The summed E-state index contributed by atoms with van der Waals surface area (Å²) in [5, 5.41) is 0. The van der Waals surface area contributed by atoms with Crippen molar-refractivity contribution >= 4 is 5.69 Å². The highest BCUT2D eigenvalue weighted by atomic mass is 16.5. The Kier molecular flexibility index (Phi) is 4.44. The van der Waals surface area contributed by atoms with E-state index in [2.05, 4.69) is 18.7 Å². The van der Waals surface area contributed by atoms with Crippen molar-refractivity contribution in [2.75, 3.05) is 32.0 Å². The van der Waals surface area contributed by atoms with Crippen LogP contribution in [0.25, 0.3) is 0 Å². The second-order valence-corrected chi connectivity index (χ2v) is 4.87. The molecule has 2 rings (SSSR count). The third kappa shape index (κ3) is 3.37. The average Bonchev–Trinajstić information content (AvgIpc) is 2.36. The number of para-hydroxylation sites is 2. The smallest absolute Gasteiger partial charge is 0.142 e. The number of nitrogen functional groups attached to an aromatic ring is 1. The summed E-state index contributed by atoms with van der Waals surface area (Å²) < 4.78 is 11.3. The van der Waals surface area contributed by atoms with E-state index in [9.17, 15) is 0 Å². The minimum absolute atomic E-state index is 0.308. The molecule has 1 aromatic carbocycles. The molecule has 18 heavy (non-hydrogen) atoms. The largest absolute Gasteiger partial charge is 0.490 e. The average molecular weight is 250 g/mol. The number of rotatable bonds is 4. The topological polar surface area (TPSA) is 47.7 Å². The normalized spacial score (nSPS) is 25.0. The van der Waals surface area contributed by atoms with Gasteiger partial charge in [-0.2, -0.15) is 0 Å². The van der Waals surface area contributed by atoms with E-state index in [4.69, 9.17) is 15.2 Å². The van der Waals surface area contributed by atoms with Crippen molar-refractivity contribution in [1.29, 1.82) is 0 Å². The van der Waals surface area contributed by atoms with Crippen molar-refractivity contribution in [3.8, 4) is 5.75 Å². The van der Waals surface area contributed by atoms with Gasteiger partial charge in [0.1, 0.15) is 12.4 Å². The maximum Gasteiger partial charge on any atom is 0.142 e. The number of ether oxygens (including phenoxy) is 2. The second-order valence-electron chi connectivity index (χ2n) is 4.87. The molecule has 0 saturated carbocycles. The molecule has 1 saturated heterocycles. The molecule has 2 unspecified atom stereocenters. The van der Waals surface area contributed by atoms with E-state index in [1.165, 1.54) is 0 Å². The molecule has 0 aliphatic carbocycles. The summed E-state index contributed by atoms with van der Waals surface area (Å²) in [5.41, 5.74) is 6.53. The molecule has 1 aromatic rings. The molecule has 1 aliphatic rings. The zero-order chi connectivity index (χ0) is 13.0. The molecule has 0 aromatic heterocycles. The summed E-state index contributed by atoms with van der Waals surface area (Å²) in [6.07, 6.45) is 0.308. The highest BCUT2D eigenvalue weighted by molar-refractivity contribution is 5.51. The Morgan fingerprint density at radius 1 is 1.39 bits per heavy atom. The molecular weight excluding hydrogens is 228 g/mol. The van der Waals surface area contributed by atoms with Crippen LogP contribution in [0.1, 0.15) is 13.8 Å². The van der Waals surface area contributed by atoms with Gasteiger partial charge < -0.3 is 15.2 Å². The van der Waals surface area contributed by atoms with Gasteiger partial charge in [-0.25, -0.2) is 0 Å². The van der Waals surface area contributed by atoms with E-state index >= 15 is 0 Å². The Balaban J connectivity index is 1.79. The fourth-order valence-electron chi connectivity index (χ4n) is 2.17. The van der Waals surface area contributed by atoms with E-state index in [1.807, 2.05) is 24.3 Å². The quantitative estimate of drug-likeness (QED) is 0.827. The standard InChI is InChI=1S/C14H22N2O2/c1-11-10-18-12(2)9-16(11)7-8-17-14-6-4-3-5-13(14)15/h3-6,11-12H,7-10,15H2,1-2H3. The molecule has 1 heterocycles. The molecule has 4 heteroatoms. The van der Waals surface area contributed by atoms with Crippen LogP contribution in [0.3, 0.4) is 0 Å². The zero-order valence-corrected chi connectivity index (χ0v) is 11.1. The van der Waals surface area contributed by atoms with Gasteiger partial charge in [0, 0.05) is 19.1 Å². The number of hydrogen-bond donors (Lipinski definition) is 1. The van der Waals surface area contributed by atoms with Crippen LogP contribution in [-0.4, -0.2) is 43.3 Å². The van der Waals surface area contributed by atoms with Crippen LogP contribution >= 0.6 is 0 Å². The molecule has 4 nitrogen and oxygen atoms in total. The van der Waals surface area contributed by atoms with Crippen LogP contribution in [0.5, 0.6) is 5.75 Å². The predicted molar refractivity (Wildman–Crippen MR) is 72.8 cm³/mol. The number of morpholine rings is 1. The zero-order valence-electron chi connectivity index (χ0n) is 11.1. The Hall–Kier alpha value is -1.26. The first-order valence-corrected chi connectivity index (χ1v) is 6.50. The lowest BCUT2D eigenvalue weighted by Gasteiger charge is -2.36. The van der Waals surface area contributed by atoms with Crippen LogP contribution in [0.15, 0.2) is 24.3 Å². The van der Waals surface area contributed by atoms with Gasteiger partial charge in [0.15, 0.2) is 0 Å². The number of hydrogen-bond acceptors (Lipinski definition) is 4. The Morgan fingerprint density at radius 3 is 2.94 bits per heavy atom. The van der Waals surface area contributed by atoms with E-state index in [0.717, 1.165) is 25.4 Å². The van der Waals surface area contributed by atoms with Crippen LogP contribution in [0, 0.1) is 0 Å². The second kappa shape index (κ2) is 6.07. The first kappa shape index (κ1) is 13.2. The first-order chi connectivity index (χ1) is 8.66. The minimum atomic E-state index is 0.308. The van der Waals surface area contributed by atoms with Gasteiger partial charge in [-0.3, -0.25) is 4.90 Å². The van der Waals surface area contributed by atoms with E-state index in [0.29, 0.717) is 24.4 Å². The van der Waals surface area contributed by atoms with Gasteiger partial charge in [0.05, 0.1) is 18.4 Å². The van der Waals surface area contributed by atoms with Gasteiger partial charge in [0.25, 0.3) is 0 Å². The first-order valence-electron chi connectivity index (χ1n) is 6.50. The molecule has 0 spiro atoms. The van der Waals surface area contributed by atoms with Crippen molar-refractivity contribution in [2.45, 2.75) is 26.0 Å². The third-order valence-corrected chi connectivity index (χ3v) is 3.29. The molecule has 2 N–H and O–H groups in total. The molecule has 0 radical (unpaired) electrons. The SMILES string of the molecule is CC1CN(CCOc2ccccc2N)C(C)CO1. The lowest BCUT2D eigenvalue weighted by atomic mass is 10.2. The van der Waals surface area contributed by atoms with Gasteiger partial charge in [-0.05, 0) is 26.0 Å². The summed E-state index contributed by atoms with van der Waals surface area (Å²) in [7, 11) is 0. The number of benzene rings is 1. The van der Waals surface area contributed by atoms with Crippen molar-refractivity contribution in [3.63, 3.8) is 0 Å². The van der Waals surface area contributed by atoms with Gasteiger partial charge in [0.2, 0.25) is 0 Å². The van der Waals surface area contributed by atoms with Crippen LogP contribution in [-0.2, 0) is 4.74 Å². The van der Waals surface area contributed by atoms with Gasteiger partial charge >= 0.3 is 0 Å². The maximum atomic E-state index is 5.83. The summed E-state index contributed by atoms with van der Waals surface area (Å²) in [4.78, 5) is 2.40. The Morgan fingerprint density at radius 2 is 2.17 bits per heavy atom. The Labute approximate surface area is 109 Å². The molecule has 1 fully saturated rings. The van der Waals surface area contributed by atoms with Crippen LogP contribution in [0.2, 0.25) is 0 Å². The maximum absolute atomic E-state index is 5.83. The van der Waals surface area contributed by atoms with Crippen molar-refractivity contribution < 1.29 is 9.47 Å². The van der Waals surface area contributed by atoms with Gasteiger partial charge in [-0.1, -0.05) is 12.1 Å².